The minimum absolute atomic E-state index is 0.0289. The lowest BCUT2D eigenvalue weighted by Crippen LogP contribution is -2.26. The van der Waals surface area contributed by atoms with Gasteiger partial charge in [0, 0.05) is 11.1 Å². The number of nitrogens with zero attached hydrogens (tertiary/aromatic N) is 2. The van der Waals surface area contributed by atoms with Crippen molar-refractivity contribution in [2.75, 3.05) is 0 Å². The summed E-state index contributed by atoms with van der Waals surface area (Å²) in [6, 6.07) is 40.8. The Morgan fingerprint density at radius 3 is 0.714 bits per heavy atom. The van der Waals surface area contributed by atoms with Crippen LogP contribution < -0.4 is 22.2 Å². The number of terminal acetylenes is 2. The zero-order valence-electron chi connectivity index (χ0n) is 40.5. The first-order valence-corrected chi connectivity index (χ1v) is 24.1. The Morgan fingerprint density at radius 2 is 0.514 bits per heavy atom. The normalized spacial score (nSPS) is 12.1. The van der Waals surface area contributed by atoms with Crippen LogP contribution in [0.4, 0.5) is 0 Å². The molecule has 0 aliphatic heterocycles. The standard InChI is InChI=1S/C64H50N2O4/c1-11-37-17-51(33(3)4)59(52(18-37)34(5)6)65-61(67)55-29-47-25-43-21-39-13-15-41-23-45-27-49-31-57-58(64(70)66(63(57)69)60-53(35(7)8)19-38(12-2)20-54(60)36(9)10)32-50(49)28-46(45)24-42(41)16-14-40(39)22-44(43)26-48(47)30-56(55)62(65)68/h1-2,13-36H,3-10H3. The summed E-state index contributed by atoms with van der Waals surface area (Å²) in [7, 11) is 0. The molecule has 9 aromatic carbocycles. The van der Waals surface area contributed by atoms with E-state index in [4.69, 9.17) is 12.8 Å². The fourth-order valence-electron chi connectivity index (χ4n) is 10.8. The zero-order chi connectivity index (χ0) is 49.2. The molecule has 0 aliphatic carbocycles. The second kappa shape index (κ2) is 16.2. The van der Waals surface area contributed by atoms with Gasteiger partial charge in [-0.2, -0.15) is 0 Å². The molecule has 0 atom stereocenters. The Balaban J connectivity index is 1.03. The average Bonchev–Trinajstić information content (AvgIpc) is 3.71. The second-order valence-electron chi connectivity index (χ2n) is 20.3. The van der Waals surface area contributed by atoms with Crippen molar-refractivity contribution in [3.63, 3.8) is 0 Å². The first-order chi connectivity index (χ1) is 33.5. The maximum atomic E-state index is 14.3. The van der Waals surface area contributed by atoms with E-state index in [0.717, 1.165) is 98.0 Å². The molecule has 0 N–H and O–H groups in total. The third-order valence-electron chi connectivity index (χ3n) is 14.5. The summed E-state index contributed by atoms with van der Waals surface area (Å²) in [4.78, 5) is 57.4. The highest BCUT2D eigenvalue weighted by molar-refractivity contribution is 6.10. The Bertz CT molecular complexity index is 3930. The summed E-state index contributed by atoms with van der Waals surface area (Å²) in [5.74, 6) is 5.63. The van der Waals surface area contributed by atoms with Crippen LogP contribution in [0.15, 0.2) is 141 Å². The van der Waals surface area contributed by atoms with E-state index >= 15 is 0 Å². The van der Waals surface area contributed by atoms with Crippen LogP contribution in [0.25, 0.3) is 97.6 Å². The fraction of sp³-hybridized carbons (Fsp3) is 0.188. The fourth-order valence-corrected chi connectivity index (χ4v) is 10.8. The Morgan fingerprint density at radius 1 is 0.314 bits per heavy atom. The van der Waals surface area contributed by atoms with Crippen LogP contribution >= 0.6 is 0 Å². The van der Waals surface area contributed by atoms with Crippen LogP contribution in [0, 0.1) is 24.7 Å². The van der Waals surface area contributed by atoms with Gasteiger partial charge in [0.2, 0.25) is 0 Å². The molecule has 0 fully saturated rings. The van der Waals surface area contributed by atoms with Gasteiger partial charge >= 0.3 is 0 Å². The highest BCUT2D eigenvalue weighted by atomic mass is 16.2. The SMILES string of the molecule is C#Cc1cc(C(C)C)c(-n2c(=O)c3cc4cc5cc6ccc7cc8cc9cc%10c(=O)n(-c%11c(C(C)C)cc(C#C)cc%11C(C)C)c(=O)c%10cc9cc8cc7ccc6cc5cc4cc3c2=O)c(C(C)C)c1. The largest absolute Gasteiger partial charge is 0.268 e. The van der Waals surface area contributed by atoms with Gasteiger partial charge in [-0.25, -0.2) is 9.13 Å². The van der Waals surface area contributed by atoms with Gasteiger partial charge in [0.15, 0.2) is 0 Å². The summed E-state index contributed by atoms with van der Waals surface area (Å²) in [5.41, 5.74) is 4.94. The summed E-state index contributed by atoms with van der Waals surface area (Å²) < 4.78 is 2.74. The molecular formula is C64H50N2O4. The van der Waals surface area contributed by atoms with Gasteiger partial charge in [-0.05, 0) is 208 Å². The van der Waals surface area contributed by atoms with E-state index in [-0.39, 0.29) is 45.9 Å². The molecule has 0 radical (unpaired) electrons. The molecule has 0 bridgehead atoms. The highest BCUT2D eigenvalue weighted by Gasteiger charge is 2.26. The lowest BCUT2D eigenvalue weighted by molar-refractivity contribution is 0.794. The van der Waals surface area contributed by atoms with Crippen LogP contribution in [-0.4, -0.2) is 9.13 Å². The number of rotatable bonds is 6. The van der Waals surface area contributed by atoms with Crippen LogP contribution in [-0.2, 0) is 0 Å². The van der Waals surface area contributed by atoms with Crippen LogP contribution in [0.5, 0.6) is 0 Å². The molecule has 0 saturated heterocycles. The van der Waals surface area contributed by atoms with Crippen LogP contribution in [0.3, 0.4) is 0 Å². The van der Waals surface area contributed by atoms with E-state index in [1.54, 1.807) is 0 Å². The first kappa shape index (κ1) is 44.2. The minimum Gasteiger partial charge on any atom is -0.268 e. The third kappa shape index (κ3) is 6.81. The Kier molecular flexibility index (Phi) is 10.2. The van der Waals surface area contributed by atoms with Crippen LogP contribution in [0.2, 0.25) is 0 Å². The summed E-state index contributed by atoms with van der Waals surface area (Å²) >= 11 is 0. The smallest absolute Gasteiger partial charge is 0.266 e. The molecule has 70 heavy (non-hydrogen) atoms. The van der Waals surface area contributed by atoms with Gasteiger partial charge in [0.25, 0.3) is 22.2 Å². The van der Waals surface area contributed by atoms with Crippen LogP contribution in [0.1, 0.15) is 112 Å². The number of fused-ring (bicyclic) bond motifs is 8. The highest BCUT2D eigenvalue weighted by Crippen LogP contribution is 2.36. The quantitative estimate of drug-likeness (QED) is 0.123. The molecular weight excluding hydrogens is 861 g/mol. The average molecular weight is 911 g/mol. The molecule has 11 rings (SSSR count). The number of hydrogen-bond donors (Lipinski definition) is 0. The molecule has 2 heterocycles. The molecule has 0 amide bonds. The number of hydrogen-bond acceptors (Lipinski definition) is 4. The van der Waals surface area contributed by atoms with Gasteiger partial charge in [-0.15, -0.1) is 12.8 Å². The van der Waals surface area contributed by atoms with Crippen molar-refractivity contribution < 1.29 is 0 Å². The van der Waals surface area contributed by atoms with Crippen molar-refractivity contribution in [1.82, 2.24) is 9.13 Å². The van der Waals surface area contributed by atoms with E-state index < -0.39 is 0 Å². The van der Waals surface area contributed by atoms with E-state index in [1.807, 2.05) is 48.5 Å². The van der Waals surface area contributed by atoms with E-state index in [0.29, 0.717) is 32.9 Å². The minimum atomic E-state index is -0.327. The molecule has 11 aromatic rings. The van der Waals surface area contributed by atoms with E-state index in [2.05, 4.69) is 140 Å². The van der Waals surface area contributed by atoms with Gasteiger partial charge in [0.1, 0.15) is 0 Å². The molecule has 6 nitrogen and oxygen atoms in total. The predicted octanol–water partition coefficient (Wildman–Crippen LogP) is 13.8. The molecule has 2 aromatic heterocycles. The van der Waals surface area contributed by atoms with Crippen molar-refractivity contribution in [3.8, 4) is 36.1 Å². The molecule has 0 aliphatic rings. The van der Waals surface area contributed by atoms with E-state index in [1.165, 1.54) is 9.13 Å². The second-order valence-corrected chi connectivity index (χ2v) is 20.3. The van der Waals surface area contributed by atoms with Crippen molar-refractivity contribution >= 4 is 86.2 Å². The van der Waals surface area contributed by atoms with Crippen molar-refractivity contribution in [3.05, 3.63) is 196 Å². The van der Waals surface area contributed by atoms with Gasteiger partial charge in [-0.3, -0.25) is 19.2 Å². The summed E-state index contributed by atoms with van der Waals surface area (Å²) in [6.07, 6.45) is 11.7. The molecule has 6 heteroatoms. The van der Waals surface area contributed by atoms with Crippen molar-refractivity contribution in [2.24, 2.45) is 0 Å². The van der Waals surface area contributed by atoms with Gasteiger partial charge in [-0.1, -0.05) is 91.5 Å². The van der Waals surface area contributed by atoms with Crippen molar-refractivity contribution in [1.29, 1.82) is 0 Å². The molecule has 0 unspecified atom stereocenters. The topological polar surface area (TPSA) is 78.1 Å². The maximum absolute atomic E-state index is 14.3. The predicted molar refractivity (Wildman–Crippen MR) is 294 cm³/mol. The van der Waals surface area contributed by atoms with E-state index in [9.17, 15) is 19.2 Å². The Labute approximate surface area is 404 Å². The number of benzene rings is 8. The Hall–Kier alpha value is -8.32. The molecule has 0 saturated carbocycles. The zero-order valence-corrected chi connectivity index (χ0v) is 40.5. The lowest BCUT2D eigenvalue weighted by atomic mass is 9.90. The third-order valence-corrected chi connectivity index (χ3v) is 14.5. The molecule has 340 valence electrons. The first-order valence-electron chi connectivity index (χ1n) is 24.1. The monoisotopic (exact) mass is 910 g/mol. The van der Waals surface area contributed by atoms with Crippen molar-refractivity contribution in [2.45, 2.75) is 79.1 Å². The summed E-state index contributed by atoms with van der Waals surface area (Å²) in [6.45, 7) is 16.4. The number of aromatic nitrogens is 2. The maximum Gasteiger partial charge on any atom is 0.266 e. The molecule has 0 spiro atoms. The lowest BCUT2D eigenvalue weighted by Gasteiger charge is -2.20. The van der Waals surface area contributed by atoms with Gasteiger partial charge < -0.3 is 0 Å². The van der Waals surface area contributed by atoms with Gasteiger partial charge in [0.05, 0.1) is 32.9 Å². The summed E-state index contributed by atoms with van der Waals surface area (Å²) in [5, 5.41) is 13.3.